The van der Waals surface area contributed by atoms with Gasteiger partial charge in [0.15, 0.2) is 0 Å². The lowest BCUT2D eigenvalue weighted by Crippen LogP contribution is -2.49. The molecular formula is C25H26N4O2. The smallest absolute Gasteiger partial charge is 0.253 e. The first-order valence-electron chi connectivity index (χ1n) is 10.7. The van der Waals surface area contributed by atoms with E-state index in [1.807, 2.05) is 70.9 Å². The molecule has 2 bridgehead atoms. The number of benzene rings is 1. The van der Waals surface area contributed by atoms with Crippen LogP contribution in [-0.2, 0) is 6.54 Å². The zero-order valence-corrected chi connectivity index (χ0v) is 17.9. The van der Waals surface area contributed by atoms with Crippen molar-refractivity contribution in [2.45, 2.75) is 18.9 Å². The van der Waals surface area contributed by atoms with Crippen LogP contribution in [0.1, 0.15) is 28.4 Å². The third-order valence-electron chi connectivity index (χ3n) is 6.41. The maximum Gasteiger partial charge on any atom is 0.253 e. The van der Waals surface area contributed by atoms with Crippen LogP contribution >= 0.6 is 0 Å². The van der Waals surface area contributed by atoms with E-state index in [9.17, 15) is 9.59 Å². The van der Waals surface area contributed by atoms with Gasteiger partial charge < -0.3 is 14.4 Å². The minimum absolute atomic E-state index is 0.0197. The Balaban J connectivity index is 1.46. The SMILES string of the molecule is CN(C)c1cccc(C(=O)N2C[C@@H]3C[C@H](C2)c2cc(-c4ccccn4)cc(=O)n2C3)c1. The van der Waals surface area contributed by atoms with Gasteiger partial charge >= 0.3 is 0 Å². The molecule has 1 saturated heterocycles. The lowest BCUT2D eigenvalue weighted by Gasteiger charge is -2.43. The first-order chi connectivity index (χ1) is 15.0. The summed E-state index contributed by atoms with van der Waals surface area (Å²) in [6.45, 7) is 1.98. The number of hydrogen-bond donors (Lipinski definition) is 0. The average molecular weight is 415 g/mol. The van der Waals surface area contributed by atoms with Crippen molar-refractivity contribution in [2.75, 3.05) is 32.1 Å². The molecule has 1 amide bonds. The number of aromatic nitrogens is 2. The minimum Gasteiger partial charge on any atom is -0.378 e. The summed E-state index contributed by atoms with van der Waals surface area (Å²) in [5.41, 5.74) is 4.41. The number of carbonyl (C=O) groups is 1. The fourth-order valence-electron chi connectivity index (χ4n) is 4.91. The summed E-state index contributed by atoms with van der Waals surface area (Å²) >= 11 is 0. The van der Waals surface area contributed by atoms with Gasteiger partial charge in [0.05, 0.1) is 5.69 Å². The van der Waals surface area contributed by atoms with Crippen molar-refractivity contribution in [1.29, 1.82) is 0 Å². The highest BCUT2D eigenvalue weighted by Crippen LogP contribution is 2.37. The number of carbonyl (C=O) groups excluding carboxylic acids is 1. The van der Waals surface area contributed by atoms with Crippen LogP contribution in [0.2, 0.25) is 0 Å². The molecule has 1 fully saturated rings. The molecule has 0 aliphatic carbocycles. The topological polar surface area (TPSA) is 58.4 Å². The maximum atomic E-state index is 13.3. The number of likely N-dealkylation sites (tertiary alicyclic amines) is 1. The van der Waals surface area contributed by atoms with E-state index in [0.29, 0.717) is 31.1 Å². The van der Waals surface area contributed by atoms with Gasteiger partial charge in [0.25, 0.3) is 11.5 Å². The van der Waals surface area contributed by atoms with Crippen molar-refractivity contribution < 1.29 is 4.79 Å². The third-order valence-corrected chi connectivity index (χ3v) is 6.41. The Labute approximate surface area is 181 Å². The van der Waals surface area contributed by atoms with Crippen LogP contribution < -0.4 is 10.5 Å². The van der Waals surface area contributed by atoms with Crippen LogP contribution in [0.4, 0.5) is 5.69 Å². The molecule has 6 heteroatoms. The highest BCUT2D eigenvalue weighted by molar-refractivity contribution is 5.95. The van der Waals surface area contributed by atoms with E-state index < -0.39 is 0 Å². The lowest BCUT2D eigenvalue weighted by molar-refractivity contribution is 0.0594. The van der Waals surface area contributed by atoms with Crippen LogP contribution in [0, 0.1) is 5.92 Å². The Morgan fingerprint density at radius 3 is 2.68 bits per heavy atom. The van der Waals surface area contributed by atoms with E-state index in [1.54, 1.807) is 12.3 Å². The highest BCUT2D eigenvalue weighted by atomic mass is 16.2. The van der Waals surface area contributed by atoms with Gasteiger partial charge in [-0.15, -0.1) is 0 Å². The van der Waals surface area contributed by atoms with Crippen LogP contribution in [0.3, 0.4) is 0 Å². The molecule has 2 aliphatic rings. The quantitative estimate of drug-likeness (QED) is 0.660. The fourth-order valence-corrected chi connectivity index (χ4v) is 4.91. The summed E-state index contributed by atoms with van der Waals surface area (Å²) in [6, 6.07) is 17.3. The van der Waals surface area contributed by atoms with Gasteiger partial charge in [-0.1, -0.05) is 12.1 Å². The van der Waals surface area contributed by atoms with Crippen LogP contribution in [0.5, 0.6) is 0 Å². The summed E-state index contributed by atoms with van der Waals surface area (Å²) in [5, 5.41) is 0. The Morgan fingerprint density at radius 2 is 1.90 bits per heavy atom. The van der Waals surface area contributed by atoms with Gasteiger partial charge in [0.1, 0.15) is 0 Å². The van der Waals surface area contributed by atoms with Gasteiger partial charge in [-0.2, -0.15) is 0 Å². The minimum atomic E-state index is 0.0197. The monoisotopic (exact) mass is 414 g/mol. The second-order valence-corrected chi connectivity index (χ2v) is 8.79. The fraction of sp³-hybridized carbons (Fsp3) is 0.320. The molecule has 2 aliphatic heterocycles. The largest absolute Gasteiger partial charge is 0.378 e. The number of anilines is 1. The summed E-state index contributed by atoms with van der Waals surface area (Å²) in [6.07, 6.45) is 2.75. The summed E-state index contributed by atoms with van der Waals surface area (Å²) in [7, 11) is 3.95. The van der Waals surface area contributed by atoms with Crippen molar-refractivity contribution in [3.8, 4) is 11.3 Å². The summed E-state index contributed by atoms with van der Waals surface area (Å²) < 4.78 is 1.90. The molecule has 0 spiro atoms. The number of piperidine rings is 1. The van der Waals surface area contributed by atoms with Crippen molar-refractivity contribution >= 4 is 11.6 Å². The molecule has 31 heavy (non-hydrogen) atoms. The van der Waals surface area contributed by atoms with Crippen LogP contribution in [-0.4, -0.2) is 47.5 Å². The first-order valence-corrected chi connectivity index (χ1v) is 10.7. The molecule has 0 unspecified atom stereocenters. The molecule has 6 nitrogen and oxygen atoms in total. The van der Waals surface area contributed by atoms with E-state index in [4.69, 9.17) is 0 Å². The molecule has 3 aromatic rings. The zero-order valence-electron chi connectivity index (χ0n) is 17.9. The Morgan fingerprint density at radius 1 is 1.03 bits per heavy atom. The molecule has 2 atom stereocenters. The molecule has 4 heterocycles. The molecule has 5 rings (SSSR count). The number of hydrogen-bond acceptors (Lipinski definition) is 4. The zero-order chi connectivity index (χ0) is 21.5. The number of rotatable bonds is 3. The van der Waals surface area contributed by atoms with Crippen LogP contribution in [0.15, 0.2) is 65.6 Å². The van der Waals surface area contributed by atoms with E-state index in [-0.39, 0.29) is 17.4 Å². The number of fused-ring (bicyclic) bond motifs is 4. The molecule has 0 radical (unpaired) electrons. The Bertz CT molecular complexity index is 1190. The first kappa shape index (κ1) is 19.5. The van der Waals surface area contributed by atoms with Gasteiger partial charge in [-0.3, -0.25) is 14.6 Å². The predicted octanol–water partition coefficient (Wildman–Crippen LogP) is 3.24. The van der Waals surface area contributed by atoms with Gasteiger partial charge in [0.2, 0.25) is 0 Å². The number of nitrogens with zero attached hydrogens (tertiary/aromatic N) is 4. The predicted molar refractivity (Wildman–Crippen MR) is 121 cm³/mol. The van der Waals surface area contributed by atoms with Crippen molar-refractivity contribution in [3.63, 3.8) is 0 Å². The van der Waals surface area contributed by atoms with E-state index in [1.165, 1.54) is 0 Å². The molecule has 2 aromatic heterocycles. The maximum absolute atomic E-state index is 13.3. The van der Waals surface area contributed by atoms with Gasteiger partial charge in [-0.05, 0) is 48.7 Å². The summed E-state index contributed by atoms with van der Waals surface area (Å²) in [4.78, 5) is 34.6. The normalized spacial score (nSPS) is 19.6. The number of pyridine rings is 2. The van der Waals surface area contributed by atoms with Crippen molar-refractivity contribution in [3.05, 3.63) is 82.4 Å². The molecule has 0 N–H and O–H groups in total. The van der Waals surface area contributed by atoms with E-state index in [0.717, 1.165) is 29.1 Å². The third kappa shape index (κ3) is 3.63. The number of amides is 1. The highest BCUT2D eigenvalue weighted by Gasteiger charge is 2.37. The van der Waals surface area contributed by atoms with Crippen molar-refractivity contribution in [2.24, 2.45) is 5.92 Å². The molecule has 1 aromatic carbocycles. The van der Waals surface area contributed by atoms with Crippen LogP contribution in [0.25, 0.3) is 11.3 Å². The summed E-state index contributed by atoms with van der Waals surface area (Å²) in [5.74, 6) is 0.519. The Kier molecular flexibility index (Phi) is 4.85. The van der Waals surface area contributed by atoms with E-state index >= 15 is 0 Å². The second-order valence-electron chi connectivity index (χ2n) is 8.79. The van der Waals surface area contributed by atoms with Gasteiger partial charge in [0, 0.05) is 74.4 Å². The Hall–Kier alpha value is -3.41. The van der Waals surface area contributed by atoms with E-state index in [2.05, 4.69) is 11.1 Å². The second kappa shape index (κ2) is 7.69. The molecular weight excluding hydrogens is 388 g/mol. The van der Waals surface area contributed by atoms with Gasteiger partial charge in [-0.25, -0.2) is 0 Å². The standard InChI is InChI=1S/C25H26N4O2/c1-27(2)21-7-5-6-18(11-21)25(31)28-14-17-10-20(16-28)23-12-19(13-24(30)29(23)15-17)22-8-3-4-9-26-22/h3-9,11-13,17,20H,10,14-16H2,1-2H3/t17-,20+/m0/s1. The molecule has 0 saturated carbocycles. The average Bonchev–Trinajstić information content (AvgIpc) is 2.79. The molecule has 158 valence electrons. The lowest BCUT2D eigenvalue weighted by atomic mass is 9.82. The van der Waals surface area contributed by atoms with Crippen molar-refractivity contribution in [1.82, 2.24) is 14.5 Å².